The lowest BCUT2D eigenvalue weighted by Gasteiger charge is -2.30. The van der Waals surface area contributed by atoms with Crippen LogP contribution in [0.1, 0.15) is 31.2 Å². The van der Waals surface area contributed by atoms with E-state index < -0.39 is 0 Å². The number of hydrogen-bond acceptors (Lipinski definition) is 4. The van der Waals surface area contributed by atoms with Crippen LogP contribution in [0.3, 0.4) is 0 Å². The number of rotatable bonds is 4. The number of hydrogen-bond donors (Lipinski definition) is 0. The number of anilines is 1. The maximum Gasteiger partial charge on any atom is 0.138 e. The minimum absolute atomic E-state index is 0.636. The molecule has 3 aromatic rings. The Bertz CT molecular complexity index is 964. The number of nitriles is 1. The molecule has 2 fully saturated rings. The first-order valence-corrected chi connectivity index (χ1v) is 9.58. The lowest BCUT2D eigenvalue weighted by Crippen LogP contribution is -2.36. The SMILES string of the molecule is CN(c1nc2cc(C#N)ccc2c2sccc12)C(C1CC1)C1CC1. The van der Waals surface area contributed by atoms with E-state index in [1.165, 1.54) is 35.8 Å². The quantitative estimate of drug-likeness (QED) is 0.678. The topological polar surface area (TPSA) is 39.9 Å². The maximum absolute atomic E-state index is 9.21. The van der Waals surface area contributed by atoms with Crippen LogP contribution in [0.5, 0.6) is 0 Å². The summed E-state index contributed by atoms with van der Waals surface area (Å²) in [6.45, 7) is 0. The zero-order valence-electron chi connectivity index (χ0n) is 13.7. The fraction of sp³-hybridized carbons (Fsp3) is 0.400. The molecule has 0 bridgehead atoms. The van der Waals surface area contributed by atoms with Crippen molar-refractivity contribution in [3.63, 3.8) is 0 Å². The minimum atomic E-state index is 0.636. The van der Waals surface area contributed by atoms with E-state index in [4.69, 9.17) is 4.98 Å². The fourth-order valence-corrected chi connectivity index (χ4v) is 4.98. The van der Waals surface area contributed by atoms with Gasteiger partial charge in [-0.2, -0.15) is 5.26 Å². The molecule has 3 nitrogen and oxygen atoms in total. The van der Waals surface area contributed by atoms with Gasteiger partial charge >= 0.3 is 0 Å². The Morgan fingerprint density at radius 2 is 1.92 bits per heavy atom. The number of fused-ring (bicyclic) bond motifs is 3. The van der Waals surface area contributed by atoms with Gasteiger partial charge in [0.2, 0.25) is 0 Å². The molecule has 2 heterocycles. The van der Waals surface area contributed by atoms with Crippen molar-refractivity contribution in [3.05, 3.63) is 35.2 Å². The van der Waals surface area contributed by atoms with Crippen molar-refractivity contribution in [2.45, 2.75) is 31.7 Å². The molecule has 1 aromatic carbocycles. The van der Waals surface area contributed by atoms with E-state index in [0.717, 1.165) is 28.6 Å². The van der Waals surface area contributed by atoms with Gasteiger partial charge in [-0.25, -0.2) is 4.98 Å². The molecular formula is C20H19N3S. The first-order chi connectivity index (χ1) is 11.8. The highest BCUT2D eigenvalue weighted by molar-refractivity contribution is 7.18. The minimum Gasteiger partial charge on any atom is -0.356 e. The molecule has 0 unspecified atom stereocenters. The molecule has 2 aromatic heterocycles. The zero-order valence-corrected chi connectivity index (χ0v) is 14.5. The average Bonchev–Trinajstić information content (AvgIpc) is 3.54. The van der Waals surface area contributed by atoms with Gasteiger partial charge in [-0.1, -0.05) is 6.07 Å². The van der Waals surface area contributed by atoms with E-state index in [1.807, 2.05) is 18.2 Å². The summed E-state index contributed by atoms with van der Waals surface area (Å²) in [6.07, 6.45) is 5.46. The van der Waals surface area contributed by atoms with Crippen molar-refractivity contribution < 1.29 is 0 Å². The van der Waals surface area contributed by atoms with Crippen LogP contribution in [-0.2, 0) is 0 Å². The summed E-state index contributed by atoms with van der Waals surface area (Å²) >= 11 is 1.77. The first kappa shape index (κ1) is 14.2. The number of benzene rings is 1. The Morgan fingerprint density at radius 3 is 2.58 bits per heavy atom. The van der Waals surface area contributed by atoms with Crippen LogP contribution in [0.4, 0.5) is 5.82 Å². The summed E-state index contributed by atoms with van der Waals surface area (Å²) in [5.74, 6) is 2.79. The molecular weight excluding hydrogens is 314 g/mol. The molecule has 0 atom stereocenters. The van der Waals surface area contributed by atoms with Gasteiger partial charge in [0.1, 0.15) is 5.82 Å². The molecule has 0 N–H and O–H groups in total. The number of thiophene rings is 1. The summed E-state index contributed by atoms with van der Waals surface area (Å²) < 4.78 is 1.29. The van der Waals surface area contributed by atoms with Crippen molar-refractivity contribution >= 4 is 38.1 Å². The van der Waals surface area contributed by atoms with Gasteiger partial charge in [-0.05, 0) is 61.1 Å². The second-order valence-corrected chi connectivity index (χ2v) is 8.14. The lowest BCUT2D eigenvalue weighted by atomic mass is 10.0. The first-order valence-electron chi connectivity index (χ1n) is 8.70. The Labute approximate surface area is 145 Å². The van der Waals surface area contributed by atoms with E-state index >= 15 is 0 Å². The molecule has 0 aliphatic heterocycles. The summed E-state index contributed by atoms with van der Waals surface area (Å²) in [4.78, 5) is 7.45. The average molecular weight is 333 g/mol. The third-order valence-electron chi connectivity index (χ3n) is 5.50. The molecule has 120 valence electrons. The van der Waals surface area contributed by atoms with Crippen molar-refractivity contribution in [3.8, 4) is 6.07 Å². The number of pyridine rings is 1. The molecule has 2 aliphatic carbocycles. The van der Waals surface area contributed by atoms with Crippen LogP contribution in [0, 0.1) is 23.2 Å². The molecule has 2 saturated carbocycles. The van der Waals surface area contributed by atoms with Gasteiger partial charge < -0.3 is 4.90 Å². The molecule has 0 radical (unpaired) electrons. The largest absolute Gasteiger partial charge is 0.356 e. The number of nitrogens with zero attached hydrogens (tertiary/aromatic N) is 3. The molecule has 4 heteroatoms. The molecule has 5 rings (SSSR count). The summed E-state index contributed by atoms with van der Waals surface area (Å²) in [6, 6.07) is 10.9. The predicted molar refractivity (Wildman–Crippen MR) is 99.5 cm³/mol. The van der Waals surface area contributed by atoms with Crippen molar-refractivity contribution in [2.24, 2.45) is 11.8 Å². The van der Waals surface area contributed by atoms with Gasteiger partial charge in [-0.15, -0.1) is 11.3 Å². The zero-order chi connectivity index (χ0) is 16.3. The van der Waals surface area contributed by atoms with Crippen molar-refractivity contribution in [1.29, 1.82) is 5.26 Å². The van der Waals surface area contributed by atoms with E-state index in [0.29, 0.717) is 11.6 Å². The number of aromatic nitrogens is 1. The van der Waals surface area contributed by atoms with Crippen molar-refractivity contribution in [1.82, 2.24) is 4.98 Å². The van der Waals surface area contributed by atoms with E-state index in [1.54, 1.807) is 11.3 Å². The van der Waals surface area contributed by atoms with Crippen LogP contribution in [0.15, 0.2) is 29.6 Å². The highest BCUT2D eigenvalue weighted by Gasteiger charge is 2.44. The fourth-order valence-electron chi connectivity index (χ4n) is 4.06. The standard InChI is InChI=1S/C20H19N3S/c1-23(18(13-3-4-13)14-5-6-14)20-16-8-9-24-19(16)15-7-2-12(11-21)10-17(15)22-20/h2,7-10,13-14,18H,3-6H2,1H3. The normalized spacial score (nSPS) is 17.5. The van der Waals surface area contributed by atoms with Gasteiger partial charge in [0, 0.05) is 28.6 Å². The van der Waals surface area contributed by atoms with Crippen molar-refractivity contribution in [2.75, 3.05) is 11.9 Å². The van der Waals surface area contributed by atoms with Crippen LogP contribution < -0.4 is 4.90 Å². The lowest BCUT2D eigenvalue weighted by molar-refractivity contribution is 0.501. The summed E-state index contributed by atoms with van der Waals surface area (Å²) in [5, 5.41) is 13.8. The third-order valence-corrected chi connectivity index (χ3v) is 6.44. The van der Waals surface area contributed by atoms with E-state index in [-0.39, 0.29) is 0 Å². The molecule has 2 aliphatic rings. The summed E-state index contributed by atoms with van der Waals surface area (Å²) in [5.41, 5.74) is 1.62. The molecule has 0 saturated heterocycles. The predicted octanol–water partition coefficient (Wildman–Crippen LogP) is 4.95. The smallest absolute Gasteiger partial charge is 0.138 e. The monoisotopic (exact) mass is 333 g/mol. The Kier molecular flexibility index (Phi) is 3.08. The van der Waals surface area contributed by atoms with Crippen LogP contribution >= 0.6 is 11.3 Å². The molecule has 0 spiro atoms. The van der Waals surface area contributed by atoms with Crippen LogP contribution in [0.25, 0.3) is 21.0 Å². The van der Waals surface area contributed by atoms with E-state index in [2.05, 4.69) is 29.5 Å². The van der Waals surface area contributed by atoms with Crippen LogP contribution in [-0.4, -0.2) is 18.1 Å². The van der Waals surface area contributed by atoms with E-state index in [9.17, 15) is 5.26 Å². The van der Waals surface area contributed by atoms with Gasteiger partial charge in [0.05, 0.1) is 17.1 Å². The molecule has 0 amide bonds. The highest BCUT2D eigenvalue weighted by Crippen LogP contribution is 2.48. The second-order valence-electron chi connectivity index (χ2n) is 7.22. The highest BCUT2D eigenvalue weighted by atomic mass is 32.1. The van der Waals surface area contributed by atoms with Gasteiger partial charge in [0.15, 0.2) is 0 Å². The summed E-state index contributed by atoms with van der Waals surface area (Å²) in [7, 11) is 2.22. The maximum atomic E-state index is 9.21. The van der Waals surface area contributed by atoms with Gasteiger partial charge in [-0.3, -0.25) is 0 Å². The second kappa shape index (κ2) is 5.19. The van der Waals surface area contributed by atoms with Crippen LogP contribution in [0.2, 0.25) is 0 Å². The Hall–Kier alpha value is -2.12. The van der Waals surface area contributed by atoms with Gasteiger partial charge in [0.25, 0.3) is 0 Å². The molecule has 24 heavy (non-hydrogen) atoms. The third kappa shape index (κ3) is 2.19. The Balaban J connectivity index is 1.70. The Morgan fingerprint density at radius 1 is 1.17 bits per heavy atom.